The van der Waals surface area contributed by atoms with Crippen molar-refractivity contribution in [2.45, 2.75) is 6.61 Å². The van der Waals surface area contributed by atoms with E-state index in [1.807, 2.05) is 6.07 Å². The molecule has 0 aliphatic carbocycles. The summed E-state index contributed by atoms with van der Waals surface area (Å²) in [4.78, 5) is 22.5. The smallest absolute Gasteiger partial charge is 0.342 e. The zero-order valence-corrected chi connectivity index (χ0v) is 10.4. The van der Waals surface area contributed by atoms with Crippen molar-refractivity contribution < 1.29 is 24.5 Å². The number of aldehydes is 1. The second-order valence-electron chi connectivity index (χ2n) is 4.12. The van der Waals surface area contributed by atoms with E-state index in [2.05, 4.69) is 0 Å². The lowest BCUT2D eigenvalue weighted by Crippen LogP contribution is -2.06. The normalized spacial score (nSPS) is 10.0. The van der Waals surface area contributed by atoms with Gasteiger partial charge in [-0.1, -0.05) is 30.3 Å². The Labute approximate surface area is 115 Å². The Hall–Kier alpha value is -2.82. The van der Waals surface area contributed by atoms with Crippen molar-refractivity contribution in [2.24, 2.45) is 0 Å². The van der Waals surface area contributed by atoms with Gasteiger partial charge < -0.3 is 14.9 Å². The van der Waals surface area contributed by atoms with Gasteiger partial charge in [-0.05, 0) is 17.7 Å². The molecule has 0 aliphatic heterocycles. The molecule has 0 saturated heterocycles. The van der Waals surface area contributed by atoms with Gasteiger partial charge in [0.1, 0.15) is 18.5 Å². The van der Waals surface area contributed by atoms with Crippen molar-refractivity contribution in [1.29, 1.82) is 0 Å². The molecule has 0 atom stereocenters. The molecule has 2 aromatic carbocycles. The maximum atomic E-state index is 11.8. The lowest BCUT2D eigenvalue weighted by Gasteiger charge is -2.08. The highest BCUT2D eigenvalue weighted by Gasteiger charge is 2.17. The lowest BCUT2D eigenvalue weighted by atomic mass is 10.1. The summed E-state index contributed by atoms with van der Waals surface area (Å²) in [6.45, 7) is 0.0329. The zero-order chi connectivity index (χ0) is 14.5. The molecule has 5 heteroatoms. The lowest BCUT2D eigenvalue weighted by molar-refractivity contribution is 0.0468. The summed E-state index contributed by atoms with van der Waals surface area (Å²) in [5.74, 6) is -1.96. The van der Waals surface area contributed by atoms with Crippen LogP contribution < -0.4 is 0 Å². The number of hydrogen-bond donors (Lipinski definition) is 2. The molecule has 5 nitrogen and oxygen atoms in total. The predicted octanol–water partition coefficient (Wildman–Crippen LogP) is 2.27. The maximum absolute atomic E-state index is 11.8. The summed E-state index contributed by atoms with van der Waals surface area (Å²) < 4.78 is 5.02. The number of rotatable bonds is 4. The number of phenolic OH excluding ortho intramolecular Hbond substituents is 2. The van der Waals surface area contributed by atoms with Crippen molar-refractivity contribution in [2.75, 3.05) is 0 Å². The molecule has 2 aromatic rings. The third kappa shape index (κ3) is 2.95. The van der Waals surface area contributed by atoms with E-state index < -0.39 is 17.5 Å². The van der Waals surface area contributed by atoms with E-state index in [4.69, 9.17) is 4.74 Å². The standard InChI is InChI=1S/C15H12O5/c16-8-11-6-12(14(18)13(17)7-11)15(19)20-9-10-4-2-1-3-5-10/h1-8,17-18H,9H2. The minimum atomic E-state index is -0.814. The number of benzene rings is 2. The third-order valence-electron chi connectivity index (χ3n) is 2.68. The second kappa shape index (κ2) is 5.88. The SMILES string of the molecule is O=Cc1cc(O)c(O)c(C(=O)OCc2ccccc2)c1. The van der Waals surface area contributed by atoms with Gasteiger partial charge in [-0.3, -0.25) is 4.79 Å². The summed E-state index contributed by atoms with van der Waals surface area (Å²) in [5.41, 5.74) is 0.617. The molecular weight excluding hydrogens is 260 g/mol. The van der Waals surface area contributed by atoms with Crippen LogP contribution in [0, 0.1) is 0 Å². The van der Waals surface area contributed by atoms with E-state index in [1.165, 1.54) is 0 Å². The van der Waals surface area contributed by atoms with Gasteiger partial charge in [0.05, 0.1) is 0 Å². The van der Waals surface area contributed by atoms with Gasteiger partial charge in [0.2, 0.25) is 0 Å². The number of aromatic hydroxyl groups is 2. The molecule has 102 valence electrons. The van der Waals surface area contributed by atoms with Crippen LogP contribution in [0.1, 0.15) is 26.3 Å². The highest BCUT2D eigenvalue weighted by Crippen LogP contribution is 2.30. The first-order chi connectivity index (χ1) is 9.61. The van der Waals surface area contributed by atoms with Crippen molar-refractivity contribution >= 4 is 12.3 Å². The first-order valence-corrected chi connectivity index (χ1v) is 5.84. The maximum Gasteiger partial charge on any atom is 0.342 e. The average molecular weight is 272 g/mol. The molecule has 0 saturated carbocycles. The van der Waals surface area contributed by atoms with Gasteiger partial charge in [0.25, 0.3) is 0 Å². The van der Waals surface area contributed by atoms with Crippen molar-refractivity contribution in [3.63, 3.8) is 0 Å². The minimum absolute atomic E-state index is 0.0329. The van der Waals surface area contributed by atoms with E-state index in [0.29, 0.717) is 6.29 Å². The topological polar surface area (TPSA) is 83.8 Å². The molecule has 20 heavy (non-hydrogen) atoms. The second-order valence-corrected chi connectivity index (χ2v) is 4.12. The molecule has 0 bridgehead atoms. The van der Waals surface area contributed by atoms with Crippen LogP contribution in [0.25, 0.3) is 0 Å². The predicted molar refractivity (Wildman–Crippen MR) is 70.7 cm³/mol. The Balaban J connectivity index is 2.17. The number of phenols is 2. The van der Waals surface area contributed by atoms with Crippen LogP contribution in [0.2, 0.25) is 0 Å². The summed E-state index contributed by atoms with van der Waals surface area (Å²) in [5, 5.41) is 19.0. The number of hydrogen-bond acceptors (Lipinski definition) is 5. The van der Waals surface area contributed by atoms with Gasteiger partial charge >= 0.3 is 5.97 Å². The van der Waals surface area contributed by atoms with Crippen LogP contribution in [-0.2, 0) is 11.3 Å². The first-order valence-electron chi connectivity index (χ1n) is 5.84. The van der Waals surface area contributed by atoms with E-state index in [9.17, 15) is 19.8 Å². The molecule has 0 aliphatic rings. The Morgan fingerprint density at radius 1 is 1.15 bits per heavy atom. The van der Waals surface area contributed by atoms with E-state index in [1.54, 1.807) is 24.3 Å². The molecule has 0 fully saturated rings. The van der Waals surface area contributed by atoms with E-state index in [0.717, 1.165) is 17.7 Å². The molecule has 0 heterocycles. The summed E-state index contributed by atoms with van der Waals surface area (Å²) in [6.07, 6.45) is 0.465. The van der Waals surface area contributed by atoms with Gasteiger partial charge in [-0.15, -0.1) is 0 Å². The number of carbonyl (C=O) groups is 2. The molecule has 0 aromatic heterocycles. The van der Waals surface area contributed by atoms with Crippen LogP contribution in [0.15, 0.2) is 42.5 Å². The van der Waals surface area contributed by atoms with Crippen molar-refractivity contribution in [3.8, 4) is 11.5 Å². The van der Waals surface area contributed by atoms with Crippen LogP contribution in [0.5, 0.6) is 11.5 Å². The molecule has 2 rings (SSSR count). The monoisotopic (exact) mass is 272 g/mol. The Kier molecular flexibility index (Phi) is 4.00. The van der Waals surface area contributed by atoms with Gasteiger partial charge in [0.15, 0.2) is 11.5 Å². The summed E-state index contributed by atoms with van der Waals surface area (Å²) >= 11 is 0. The van der Waals surface area contributed by atoms with E-state index in [-0.39, 0.29) is 17.7 Å². The average Bonchev–Trinajstić information content (AvgIpc) is 2.48. The molecule has 0 radical (unpaired) electrons. The molecule has 2 N–H and O–H groups in total. The number of esters is 1. The fourth-order valence-corrected chi connectivity index (χ4v) is 1.67. The largest absolute Gasteiger partial charge is 0.504 e. The molecule has 0 spiro atoms. The molecule has 0 amide bonds. The quantitative estimate of drug-likeness (QED) is 0.506. The summed E-state index contributed by atoms with van der Waals surface area (Å²) in [6, 6.07) is 11.2. The van der Waals surface area contributed by atoms with Gasteiger partial charge in [-0.2, -0.15) is 0 Å². The molecule has 0 unspecified atom stereocenters. The Morgan fingerprint density at radius 3 is 2.50 bits per heavy atom. The van der Waals surface area contributed by atoms with Crippen LogP contribution in [0.4, 0.5) is 0 Å². The van der Waals surface area contributed by atoms with Crippen LogP contribution in [0.3, 0.4) is 0 Å². The highest BCUT2D eigenvalue weighted by molar-refractivity contribution is 5.95. The minimum Gasteiger partial charge on any atom is -0.504 e. The Morgan fingerprint density at radius 2 is 1.85 bits per heavy atom. The van der Waals surface area contributed by atoms with Crippen molar-refractivity contribution in [1.82, 2.24) is 0 Å². The number of ether oxygens (including phenoxy) is 1. The van der Waals surface area contributed by atoms with Gasteiger partial charge in [0, 0.05) is 5.56 Å². The van der Waals surface area contributed by atoms with Crippen LogP contribution >= 0.6 is 0 Å². The highest BCUT2D eigenvalue weighted by atomic mass is 16.5. The van der Waals surface area contributed by atoms with Gasteiger partial charge in [-0.25, -0.2) is 4.79 Å². The first kappa shape index (κ1) is 13.6. The third-order valence-corrected chi connectivity index (χ3v) is 2.68. The molecular formula is C15H12O5. The fraction of sp³-hybridized carbons (Fsp3) is 0.0667. The Bertz CT molecular complexity index is 634. The van der Waals surface area contributed by atoms with Crippen LogP contribution in [-0.4, -0.2) is 22.5 Å². The number of carbonyl (C=O) groups excluding carboxylic acids is 2. The summed E-state index contributed by atoms with van der Waals surface area (Å²) in [7, 11) is 0. The van der Waals surface area contributed by atoms with E-state index >= 15 is 0 Å². The fourth-order valence-electron chi connectivity index (χ4n) is 1.67. The zero-order valence-electron chi connectivity index (χ0n) is 10.4. The van der Waals surface area contributed by atoms with Crippen molar-refractivity contribution in [3.05, 3.63) is 59.2 Å².